The molecule has 24 heteroatoms. The van der Waals surface area contributed by atoms with Crippen LogP contribution in [0.15, 0.2) is 23.3 Å². The monoisotopic (exact) mass is 1360 g/mol. The molecule has 0 aromatic heterocycles. The number of hydrogen-bond donors (Lipinski definition) is 15. The minimum Gasteiger partial charge on any atom is -0.481 e. The van der Waals surface area contributed by atoms with Crippen molar-refractivity contribution in [3.63, 3.8) is 0 Å². The molecule has 0 bridgehead atoms. The molecule has 542 valence electrons. The zero-order valence-electron chi connectivity index (χ0n) is 57.7. The Bertz CT molecular complexity index is 3130. The Morgan fingerprint density at radius 3 is 1.26 bits per heavy atom. The lowest BCUT2D eigenvalue weighted by molar-refractivity contribution is -0.298. The second-order valence-electron chi connectivity index (χ2n) is 35.5. The van der Waals surface area contributed by atoms with Gasteiger partial charge in [-0.25, -0.2) is 0 Å². The number of hydrogen-bond acceptors (Lipinski definition) is 23. The summed E-state index contributed by atoms with van der Waals surface area (Å²) in [6.07, 6.45) is -16.7. The quantitative estimate of drug-likeness (QED) is 0.0848. The summed E-state index contributed by atoms with van der Waals surface area (Å²) < 4.78 is 29.8. The Kier molecular flexibility index (Phi) is 17.8. The van der Waals surface area contributed by atoms with E-state index in [1.807, 2.05) is 47.6 Å². The fourth-order valence-corrected chi connectivity index (χ4v) is 24.6. The van der Waals surface area contributed by atoms with E-state index in [-0.39, 0.29) is 50.4 Å². The number of carbonyl (C=O) groups excluding carboxylic acids is 3. The van der Waals surface area contributed by atoms with E-state index in [2.05, 4.69) is 33.8 Å². The molecule has 10 fully saturated rings. The van der Waals surface area contributed by atoms with Crippen LogP contribution in [0.2, 0.25) is 0 Å². The standard InChI is InChI=1S/C72H110O24/c1-61(2)20-24-70(59(90)95-55-49(82)47(80)45(78)37(30-73)92-55)26-22-65(7)33(43(70)52(61)85)12-14-39-63(5)28-35(76)51(84)69(11,41(63)16-18-67(39,65)9)58(89)94-54-36(77)29-64(6)40-15-13-34-44-53(86)62(3,4)21-25-71(44,60(91)96-56-50(83)48(81)46(79)38(31-74)93-56)27-23-66(34,8)68(40,10)19-17-42(64)72(54,32-75)57(87)88/h12-13,35-56,73-86H,14-32H2,1-11H3,(H,87,88). The third-order valence-electron chi connectivity index (χ3n) is 31.0. The highest BCUT2D eigenvalue weighted by Gasteiger charge is 2.78. The van der Waals surface area contributed by atoms with E-state index in [1.165, 1.54) is 0 Å². The minimum atomic E-state index is -2.29. The molecule has 8 saturated carbocycles. The number of aliphatic carboxylic acids is 1. The zero-order valence-corrected chi connectivity index (χ0v) is 57.7. The first kappa shape index (κ1) is 72.5. The highest BCUT2D eigenvalue weighted by Crippen LogP contribution is 2.79. The number of aliphatic hydroxyl groups excluding tert-OH is 14. The van der Waals surface area contributed by atoms with Gasteiger partial charge in [0.05, 0.1) is 66.6 Å². The smallest absolute Gasteiger partial charge is 0.316 e. The van der Waals surface area contributed by atoms with Crippen molar-refractivity contribution < 1.29 is 119 Å². The highest BCUT2D eigenvalue weighted by molar-refractivity contribution is 5.82. The largest absolute Gasteiger partial charge is 0.481 e. The van der Waals surface area contributed by atoms with Gasteiger partial charge in [-0.05, 0) is 177 Å². The Hall–Kier alpha value is -3.28. The van der Waals surface area contributed by atoms with Gasteiger partial charge in [-0.15, -0.1) is 0 Å². The summed E-state index contributed by atoms with van der Waals surface area (Å²) in [6, 6.07) is 0. The molecule has 12 rings (SSSR count). The van der Waals surface area contributed by atoms with Crippen molar-refractivity contribution in [2.45, 2.75) is 277 Å². The van der Waals surface area contributed by atoms with Crippen molar-refractivity contribution in [3.05, 3.63) is 23.3 Å². The summed E-state index contributed by atoms with van der Waals surface area (Å²) in [5.74, 6) is -7.91. The van der Waals surface area contributed by atoms with Gasteiger partial charge in [-0.2, -0.15) is 0 Å². The number of carboxylic acids is 1. The van der Waals surface area contributed by atoms with Crippen LogP contribution in [0, 0.1) is 100 Å². The van der Waals surface area contributed by atoms with E-state index in [0.717, 1.165) is 11.1 Å². The highest BCUT2D eigenvalue weighted by atomic mass is 16.7. The second kappa shape index (κ2) is 23.6. The first-order valence-corrected chi connectivity index (χ1v) is 35.5. The first-order chi connectivity index (χ1) is 44.6. The van der Waals surface area contributed by atoms with Crippen LogP contribution in [0.3, 0.4) is 0 Å². The lowest BCUT2D eigenvalue weighted by Crippen LogP contribution is -2.72. The number of carboxylic acid groups (broad SMARTS) is 1. The molecule has 0 amide bonds. The summed E-state index contributed by atoms with van der Waals surface area (Å²) >= 11 is 0. The predicted molar refractivity (Wildman–Crippen MR) is 337 cm³/mol. The molecule has 24 nitrogen and oxygen atoms in total. The van der Waals surface area contributed by atoms with E-state index in [1.54, 1.807) is 6.92 Å². The average Bonchev–Trinajstić information content (AvgIpc) is 0.675. The fourth-order valence-electron chi connectivity index (χ4n) is 24.6. The number of allylic oxidation sites excluding steroid dienone is 2. The van der Waals surface area contributed by atoms with Crippen LogP contribution in [0.4, 0.5) is 0 Å². The molecule has 0 aromatic carbocycles. The molecule has 32 atom stereocenters. The van der Waals surface area contributed by atoms with Gasteiger partial charge in [0, 0.05) is 11.8 Å². The summed E-state index contributed by atoms with van der Waals surface area (Å²) in [7, 11) is 0. The lowest BCUT2D eigenvalue weighted by Gasteiger charge is -2.72. The average molecular weight is 1360 g/mol. The molecule has 2 aliphatic heterocycles. The molecular weight excluding hydrogens is 1250 g/mol. The lowest BCUT2D eigenvalue weighted by atomic mass is 9.33. The predicted octanol–water partition coefficient (Wildman–Crippen LogP) is 2.45. The first-order valence-electron chi connectivity index (χ1n) is 35.5. The Morgan fingerprint density at radius 1 is 0.458 bits per heavy atom. The molecule has 32 unspecified atom stereocenters. The Morgan fingerprint density at radius 2 is 0.854 bits per heavy atom. The molecular formula is C72H110O24. The maximum Gasteiger partial charge on any atom is 0.316 e. The van der Waals surface area contributed by atoms with Crippen LogP contribution in [0.5, 0.6) is 0 Å². The van der Waals surface area contributed by atoms with Crippen LogP contribution in [-0.4, -0.2) is 218 Å². The summed E-state index contributed by atoms with van der Waals surface area (Å²) in [4.78, 5) is 60.3. The van der Waals surface area contributed by atoms with E-state index in [9.17, 15) is 91.0 Å². The number of carbonyl (C=O) groups is 4. The molecule has 10 aliphatic carbocycles. The molecule has 15 N–H and O–H groups in total. The van der Waals surface area contributed by atoms with E-state index < -0.39 is 230 Å². The molecule has 2 saturated heterocycles. The minimum absolute atomic E-state index is 0.0606. The van der Waals surface area contributed by atoms with E-state index in [0.29, 0.717) is 64.2 Å². The normalized spacial score (nSPS) is 54.6. The molecule has 0 radical (unpaired) electrons. The van der Waals surface area contributed by atoms with Gasteiger partial charge < -0.3 is 100 Å². The van der Waals surface area contributed by atoms with Crippen LogP contribution in [0.1, 0.15) is 179 Å². The fraction of sp³-hybridized carbons (Fsp3) is 0.889. The van der Waals surface area contributed by atoms with E-state index >= 15 is 4.79 Å². The second-order valence-corrected chi connectivity index (χ2v) is 35.5. The van der Waals surface area contributed by atoms with Crippen molar-refractivity contribution in [2.24, 2.45) is 100 Å². The molecule has 0 aromatic rings. The van der Waals surface area contributed by atoms with Crippen molar-refractivity contribution >= 4 is 23.9 Å². The van der Waals surface area contributed by atoms with E-state index in [4.69, 9.17) is 23.7 Å². The van der Waals surface area contributed by atoms with Crippen molar-refractivity contribution in [2.75, 3.05) is 19.8 Å². The number of fused-ring (bicyclic) bond motifs is 14. The summed E-state index contributed by atoms with van der Waals surface area (Å²) in [6.45, 7) is 19.4. The summed E-state index contributed by atoms with van der Waals surface area (Å²) in [5, 5.41) is 171. The number of aliphatic hydroxyl groups is 14. The molecule has 0 spiro atoms. The number of rotatable bonds is 10. The Balaban J connectivity index is 0.832. The van der Waals surface area contributed by atoms with Gasteiger partial charge >= 0.3 is 23.9 Å². The number of esters is 3. The van der Waals surface area contributed by atoms with Gasteiger partial charge in [0.2, 0.25) is 12.6 Å². The molecule has 12 aliphatic rings. The van der Waals surface area contributed by atoms with Gasteiger partial charge in [-0.3, -0.25) is 19.2 Å². The molecule has 2 heterocycles. The Labute approximate surface area is 561 Å². The third-order valence-corrected chi connectivity index (χ3v) is 31.0. The maximum atomic E-state index is 15.9. The van der Waals surface area contributed by atoms with Crippen LogP contribution in [-0.2, 0) is 42.9 Å². The van der Waals surface area contributed by atoms with Crippen LogP contribution in [0.25, 0.3) is 0 Å². The summed E-state index contributed by atoms with van der Waals surface area (Å²) in [5.41, 5.74) is -11.3. The van der Waals surface area contributed by atoms with Gasteiger partial charge in [0.1, 0.15) is 60.4 Å². The SMILES string of the molecule is CC1(C)CCC2(C(=O)OC3OC(CO)C(O)C(O)C3O)CCC3(C)C(=CCC4C5(C)CC(O)C(O)C(C)(C(=O)OC6C(O)CC7(C)C(CCC8(C)C7CC=C7C9C(O)C(C)(C)CCC9(C(=O)OC9OC(CO)C(O)C(O)C9O)CCC78C)C6(CO)C(=O)O)C5CCC43C)C2C1O. The third kappa shape index (κ3) is 9.47. The van der Waals surface area contributed by atoms with Gasteiger partial charge in [0.25, 0.3) is 0 Å². The van der Waals surface area contributed by atoms with Crippen LogP contribution >= 0.6 is 0 Å². The maximum absolute atomic E-state index is 15.9. The van der Waals surface area contributed by atoms with Gasteiger partial charge in [0.15, 0.2) is 0 Å². The number of ether oxygens (including phenoxy) is 5. The van der Waals surface area contributed by atoms with Crippen molar-refractivity contribution in [1.82, 2.24) is 0 Å². The topological polar surface area (TPSA) is 418 Å². The zero-order chi connectivity index (χ0) is 70.6. The molecule has 96 heavy (non-hydrogen) atoms. The van der Waals surface area contributed by atoms with Crippen molar-refractivity contribution in [1.29, 1.82) is 0 Å². The van der Waals surface area contributed by atoms with Crippen molar-refractivity contribution in [3.8, 4) is 0 Å². The van der Waals surface area contributed by atoms with Gasteiger partial charge in [-0.1, -0.05) is 92.5 Å². The van der Waals surface area contributed by atoms with Crippen LogP contribution < -0.4 is 0 Å².